The molecular formula is C16H17FN6O2S. The van der Waals surface area contributed by atoms with Crippen molar-refractivity contribution in [3.8, 4) is 5.69 Å². The fourth-order valence-electron chi connectivity index (χ4n) is 2.69. The number of morpholine rings is 1. The normalized spacial score (nSPS) is 14.8. The topological polar surface area (TPSA) is 82.1 Å². The first-order valence-corrected chi connectivity index (χ1v) is 9.15. The van der Waals surface area contributed by atoms with E-state index in [1.54, 1.807) is 13.0 Å². The molecule has 8 nitrogen and oxygen atoms in total. The van der Waals surface area contributed by atoms with E-state index < -0.39 is 0 Å². The third kappa shape index (κ3) is 3.56. The lowest BCUT2D eigenvalue weighted by atomic mass is 10.3. The summed E-state index contributed by atoms with van der Waals surface area (Å²) in [4.78, 5) is 6.28. The molecule has 1 fully saturated rings. The Bertz CT molecular complexity index is 893. The molecule has 1 aliphatic heterocycles. The first-order chi connectivity index (χ1) is 12.7. The van der Waals surface area contributed by atoms with E-state index in [9.17, 15) is 4.39 Å². The molecule has 1 aromatic carbocycles. The summed E-state index contributed by atoms with van der Waals surface area (Å²) in [5, 5.41) is 13.2. The summed E-state index contributed by atoms with van der Waals surface area (Å²) >= 11 is 1.42. The van der Waals surface area contributed by atoms with Gasteiger partial charge in [0.1, 0.15) is 5.82 Å². The van der Waals surface area contributed by atoms with Crippen LogP contribution in [0.25, 0.3) is 5.69 Å². The van der Waals surface area contributed by atoms with E-state index >= 15 is 0 Å². The van der Waals surface area contributed by atoms with Gasteiger partial charge >= 0.3 is 0 Å². The number of aromatic nitrogens is 5. The molecule has 1 aliphatic rings. The third-order valence-corrected chi connectivity index (χ3v) is 4.80. The average molecular weight is 376 g/mol. The second kappa shape index (κ2) is 7.42. The lowest BCUT2D eigenvalue weighted by Crippen LogP contribution is -2.37. The number of thioether (sulfide) groups is 1. The second-order valence-corrected chi connectivity index (χ2v) is 6.66. The molecule has 0 bridgehead atoms. The van der Waals surface area contributed by atoms with Gasteiger partial charge in [-0.15, -0.1) is 10.2 Å². The van der Waals surface area contributed by atoms with Crippen molar-refractivity contribution >= 4 is 17.7 Å². The molecule has 0 aliphatic carbocycles. The Morgan fingerprint density at radius 3 is 2.81 bits per heavy atom. The maximum Gasteiger partial charge on any atom is 0.232 e. The number of ether oxygens (including phenoxy) is 1. The molecule has 26 heavy (non-hydrogen) atoms. The van der Waals surface area contributed by atoms with Crippen molar-refractivity contribution in [1.29, 1.82) is 0 Å². The monoisotopic (exact) mass is 376 g/mol. The Morgan fingerprint density at radius 2 is 2.08 bits per heavy atom. The van der Waals surface area contributed by atoms with Crippen LogP contribution in [-0.4, -0.2) is 51.2 Å². The summed E-state index contributed by atoms with van der Waals surface area (Å²) < 4.78 is 26.0. The molecule has 3 aromatic rings. The Hall–Kier alpha value is -2.46. The summed E-state index contributed by atoms with van der Waals surface area (Å²) in [6.45, 7) is 4.42. The van der Waals surface area contributed by atoms with Crippen LogP contribution in [0.3, 0.4) is 0 Å². The highest BCUT2D eigenvalue weighted by Crippen LogP contribution is 2.29. The van der Waals surface area contributed by atoms with Gasteiger partial charge in [-0.3, -0.25) is 4.57 Å². The van der Waals surface area contributed by atoms with Crippen LogP contribution in [0.5, 0.6) is 0 Å². The van der Waals surface area contributed by atoms with Crippen LogP contribution < -0.4 is 4.90 Å². The van der Waals surface area contributed by atoms with Gasteiger partial charge in [0.25, 0.3) is 0 Å². The van der Waals surface area contributed by atoms with Crippen molar-refractivity contribution < 1.29 is 13.7 Å². The van der Waals surface area contributed by atoms with Crippen molar-refractivity contribution in [2.75, 3.05) is 31.2 Å². The maximum absolute atomic E-state index is 13.8. The maximum atomic E-state index is 13.8. The first kappa shape index (κ1) is 17.0. The van der Waals surface area contributed by atoms with Gasteiger partial charge in [-0.1, -0.05) is 23.0 Å². The molecule has 0 amide bonds. The van der Waals surface area contributed by atoms with Gasteiger partial charge in [0, 0.05) is 20.0 Å². The van der Waals surface area contributed by atoms with Gasteiger partial charge in [-0.2, -0.15) is 4.98 Å². The number of aryl methyl sites for hydroxylation is 1. The molecule has 2 aromatic heterocycles. The number of benzene rings is 1. The van der Waals surface area contributed by atoms with Crippen LogP contribution in [0.2, 0.25) is 0 Å². The number of nitrogens with zero attached hydrogens (tertiary/aromatic N) is 6. The van der Waals surface area contributed by atoms with E-state index in [0.29, 0.717) is 60.6 Å². The summed E-state index contributed by atoms with van der Waals surface area (Å²) in [6, 6.07) is 6.39. The van der Waals surface area contributed by atoms with Crippen LogP contribution in [-0.2, 0) is 10.5 Å². The van der Waals surface area contributed by atoms with Crippen molar-refractivity contribution in [2.45, 2.75) is 17.8 Å². The van der Waals surface area contributed by atoms with E-state index in [-0.39, 0.29) is 5.82 Å². The zero-order valence-electron chi connectivity index (χ0n) is 14.1. The molecule has 0 atom stereocenters. The first-order valence-electron chi connectivity index (χ1n) is 8.17. The van der Waals surface area contributed by atoms with Gasteiger partial charge in [-0.25, -0.2) is 4.39 Å². The van der Waals surface area contributed by atoms with E-state index in [4.69, 9.17) is 9.26 Å². The van der Waals surface area contributed by atoms with Gasteiger partial charge in [0.15, 0.2) is 11.0 Å². The molecule has 0 unspecified atom stereocenters. The van der Waals surface area contributed by atoms with Crippen LogP contribution in [0.15, 0.2) is 33.9 Å². The second-order valence-electron chi connectivity index (χ2n) is 5.72. The molecule has 4 rings (SSSR count). The Labute approximate surface area is 153 Å². The lowest BCUT2D eigenvalue weighted by molar-refractivity contribution is 0.122. The van der Waals surface area contributed by atoms with E-state index in [0.717, 1.165) is 0 Å². The summed E-state index contributed by atoms with van der Waals surface area (Å²) in [5.41, 5.74) is 0.670. The highest BCUT2D eigenvalue weighted by molar-refractivity contribution is 7.98. The lowest BCUT2D eigenvalue weighted by Gasteiger charge is -2.27. The van der Waals surface area contributed by atoms with Gasteiger partial charge in [0.05, 0.1) is 24.7 Å². The SMILES string of the molecule is Cc1nc(CSc2nnc(N3CCOCC3)n2-c2cccc(F)c2)no1. The highest BCUT2D eigenvalue weighted by Gasteiger charge is 2.22. The number of hydrogen-bond acceptors (Lipinski definition) is 8. The fraction of sp³-hybridized carbons (Fsp3) is 0.375. The number of halogens is 1. The van der Waals surface area contributed by atoms with Gasteiger partial charge in [0.2, 0.25) is 11.8 Å². The molecule has 0 N–H and O–H groups in total. The van der Waals surface area contributed by atoms with E-state index in [1.165, 1.54) is 23.9 Å². The number of rotatable bonds is 5. The molecule has 0 spiro atoms. The predicted octanol–water partition coefficient (Wildman–Crippen LogP) is 2.23. The van der Waals surface area contributed by atoms with Crippen molar-refractivity contribution in [1.82, 2.24) is 24.9 Å². The van der Waals surface area contributed by atoms with Crippen LogP contribution in [0.4, 0.5) is 10.3 Å². The van der Waals surface area contributed by atoms with Crippen LogP contribution >= 0.6 is 11.8 Å². The Kier molecular flexibility index (Phi) is 4.85. The highest BCUT2D eigenvalue weighted by atomic mass is 32.2. The Morgan fingerprint density at radius 1 is 1.23 bits per heavy atom. The largest absolute Gasteiger partial charge is 0.378 e. The summed E-state index contributed by atoms with van der Waals surface area (Å²) in [5.74, 6) is 1.93. The molecule has 136 valence electrons. The van der Waals surface area contributed by atoms with Crippen LogP contribution in [0.1, 0.15) is 11.7 Å². The molecule has 1 saturated heterocycles. The standard InChI is InChI=1S/C16H17FN6O2S/c1-11-18-14(21-25-11)10-26-16-20-19-15(22-5-7-24-8-6-22)23(16)13-4-2-3-12(17)9-13/h2-4,9H,5-8,10H2,1H3. The van der Waals surface area contributed by atoms with Gasteiger partial charge < -0.3 is 14.2 Å². The minimum Gasteiger partial charge on any atom is -0.378 e. The van der Waals surface area contributed by atoms with E-state index in [2.05, 4.69) is 25.2 Å². The molecule has 10 heteroatoms. The third-order valence-electron chi connectivity index (χ3n) is 3.88. The number of hydrogen-bond donors (Lipinski definition) is 0. The molecule has 3 heterocycles. The van der Waals surface area contributed by atoms with Crippen molar-refractivity contribution in [3.63, 3.8) is 0 Å². The molecule has 0 saturated carbocycles. The average Bonchev–Trinajstić information content (AvgIpc) is 3.26. The zero-order chi connectivity index (χ0) is 17.9. The molecule has 0 radical (unpaired) electrons. The fourth-order valence-corrected chi connectivity index (χ4v) is 3.48. The zero-order valence-corrected chi connectivity index (χ0v) is 14.9. The quantitative estimate of drug-likeness (QED) is 0.627. The minimum atomic E-state index is -0.311. The van der Waals surface area contributed by atoms with Crippen molar-refractivity contribution in [2.24, 2.45) is 0 Å². The van der Waals surface area contributed by atoms with E-state index in [1.807, 2.05) is 10.6 Å². The van der Waals surface area contributed by atoms with Crippen molar-refractivity contribution in [3.05, 3.63) is 41.8 Å². The smallest absolute Gasteiger partial charge is 0.232 e. The number of anilines is 1. The molecular weight excluding hydrogens is 359 g/mol. The summed E-state index contributed by atoms with van der Waals surface area (Å²) in [6.07, 6.45) is 0. The predicted molar refractivity (Wildman–Crippen MR) is 92.9 cm³/mol. The minimum absolute atomic E-state index is 0.311. The van der Waals surface area contributed by atoms with Gasteiger partial charge in [-0.05, 0) is 18.2 Å². The Balaban J connectivity index is 1.67. The van der Waals surface area contributed by atoms with Crippen LogP contribution in [0, 0.1) is 12.7 Å². The summed E-state index contributed by atoms with van der Waals surface area (Å²) in [7, 11) is 0.